The van der Waals surface area contributed by atoms with Crippen LogP contribution in [-0.4, -0.2) is 15.9 Å². The van der Waals surface area contributed by atoms with E-state index in [1.54, 1.807) is 29.9 Å². The van der Waals surface area contributed by atoms with Crippen LogP contribution in [0.4, 0.5) is 0 Å². The molecule has 25 heavy (non-hydrogen) atoms. The smallest absolute Gasteiger partial charge is 0.253 e. The average molecular weight is 345 g/mol. The van der Waals surface area contributed by atoms with Crippen LogP contribution in [0.2, 0.25) is 0 Å². The van der Waals surface area contributed by atoms with Gasteiger partial charge in [-0.15, -0.1) is 11.3 Å². The summed E-state index contributed by atoms with van der Waals surface area (Å²) in [6.45, 7) is 0.394. The number of aromatic nitrogens is 2. The van der Waals surface area contributed by atoms with Crippen molar-refractivity contribution in [2.45, 2.75) is 6.54 Å². The van der Waals surface area contributed by atoms with Gasteiger partial charge in [-0.3, -0.25) is 14.8 Å². The maximum atomic E-state index is 12.4. The van der Waals surface area contributed by atoms with Crippen LogP contribution in [0.25, 0.3) is 21.2 Å². The van der Waals surface area contributed by atoms with E-state index < -0.39 is 0 Å². The van der Waals surface area contributed by atoms with Crippen molar-refractivity contribution >= 4 is 27.3 Å². The molecule has 1 amide bonds. The number of nitrogens with zero attached hydrogens (tertiary/aromatic N) is 2. The van der Waals surface area contributed by atoms with Crippen molar-refractivity contribution in [2.75, 3.05) is 0 Å². The highest BCUT2D eigenvalue weighted by molar-refractivity contribution is 7.17. The topological polar surface area (TPSA) is 54.9 Å². The first-order valence-corrected chi connectivity index (χ1v) is 8.79. The molecule has 0 aliphatic carbocycles. The minimum Gasteiger partial charge on any atom is -0.346 e. The second-order valence-corrected chi connectivity index (χ2v) is 6.52. The normalized spacial score (nSPS) is 10.7. The molecule has 4 nitrogen and oxygen atoms in total. The highest BCUT2D eigenvalue weighted by Gasteiger charge is 2.11. The molecule has 0 aliphatic heterocycles. The zero-order chi connectivity index (χ0) is 17.1. The van der Waals surface area contributed by atoms with Crippen LogP contribution in [-0.2, 0) is 6.54 Å². The van der Waals surface area contributed by atoms with E-state index >= 15 is 0 Å². The zero-order valence-corrected chi connectivity index (χ0v) is 14.2. The quantitative estimate of drug-likeness (QED) is 0.600. The largest absolute Gasteiger partial charge is 0.346 e. The first-order chi connectivity index (χ1) is 12.3. The van der Waals surface area contributed by atoms with Crippen LogP contribution < -0.4 is 5.32 Å². The number of fused-ring (bicyclic) bond motifs is 1. The lowest BCUT2D eigenvalue weighted by molar-refractivity contribution is 0.0950. The summed E-state index contributed by atoms with van der Waals surface area (Å²) in [6, 6.07) is 15.8. The molecule has 0 spiro atoms. The number of hydrogen-bond donors (Lipinski definition) is 1. The highest BCUT2D eigenvalue weighted by atomic mass is 32.1. The minimum absolute atomic E-state index is 0.153. The Balaban J connectivity index is 1.58. The summed E-state index contributed by atoms with van der Waals surface area (Å²) in [6.07, 6.45) is 5.10. The first kappa shape index (κ1) is 15.5. The standard InChI is InChI=1S/C20H15N3OS/c24-20(23-12-16-5-3-4-8-22-16)15-9-14(10-21-11-15)18-13-25-19-7-2-1-6-17(18)19/h1-11,13H,12H2,(H,23,24). The third-order valence-corrected chi connectivity index (χ3v) is 4.91. The van der Waals surface area contributed by atoms with Crippen molar-refractivity contribution < 1.29 is 4.79 Å². The lowest BCUT2D eigenvalue weighted by Crippen LogP contribution is -2.23. The first-order valence-electron chi connectivity index (χ1n) is 7.91. The fraction of sp³-hybridized carbons (Fsp3) is 0.0500. The monoisotopic (exact) mass is 345 g/mol. The van der Waals surface area contributed by atoms with Crippen LogP contribution in [0.5, 0.6) is 0 Å². The van der Waals surface area contributed by atoms with Crippen molar-refractivity contribution in [3.63, 3.8) is 0 Å². The molecule has 3 aromatic heterocycles. The summed E-state index contributed by atoms with van der Waals surface area (Å²) in [4.78, 5) is 20.9. The van der Waals surface area contributed by atoms with Gasteiger partial charge in [0.2, 0.25) is 0 Å². The molecule has 1 aromatic carbocycles. The zero-order valence-electron chi connectivity index (χ0n) is 13.3. The summed E-state index contributed by atoms with van der Waals surface area (Å²) in [5, 5.41) is 6.18. The van der Waals surface area contributed by atoms with Crippen molar-refractivity contribution in [3.8, 4) is 11.1 Å². The van der Waals surface area contributed by atoms with E-state index in [1.165, 1.54) is 10.1 Å². The van der Waals surface area contributed by atoms with Crippen LogP contribution in [0.3, 0.4) is 0 Å². The van der Waals surface area contributed by atoms with Gasteiger partial charge in [-0.05, 0) is 29.6 Å². The second-order valence-electron chi connectivity index (χ2n) is 5.61. The number of carbonyl (C=O) groups excluding carboxylic acids is 1. The Labute approximate surface area is 149 Å². The predicted molar refractivity (Wildman–Crippen MR) is 100 cm³/mol. The summed E-state index contributed by atoms with van der Waals surface area (Å²) < 4.78 is 1.22. The maximum Gasteiger partial charge on any atom is 0.253 e. The van der Waals surface area contributed by atoms with Gasteiger partial charge >= 0.3 is 0 Å². The Hall–Kier alpha value is -3.05. The van der Waals surface area contributed by atoms with Crippen LogP contribution in [0.1, 0.15) is 16.1 Å². The number of rotatable bonds is 4. The number of pyridine rings is 2. The van der Waals surface area contributed by atoms with Crippen molar-refractivity contribution in [2.24, 2.45) is 0 Å². The Morgan fingerprint density at radius 1 is 1.08 bits per heavy atom. The number of benzene rings is 1. The van der Waals surface area contributed by atoms with Gasteiger partial charge < -0.3 is 5.32 Å². The molecule has 0 unspecified atom stereocenters. The second kappa shape index (κ2) is 6.83. The Kier molecular flexibility index (Phi) is 4.23. The van der Waals surface area contributed by atoms with Gasteiger partial charge in [-0.1, -0.05) is 24.3 Å². The van der Waals surface area contributed by atoms with E-state index in [1.807, 2.05) is 36.4 Å². The molecule has 0 aliphatic rings. The van der Waals surface area contributed by atoms with Crippen LogP contribution in [0, 0.1) is 0 Å². The summed E-state index contributed by atoms with van der Waals surface area (Å²) in [5.41, 5.74) is 3.42. The molecule has 4 aromatic rings. The summed E-state index contributed by atoms with van der Waals surface area (Å²) >= 11 is 1.69. The van der Waals surface area contributed by atoms with E-state index in [4.69, 9.17) is 0 Å². The molecule has 3 heterocycles. The summed E-state index contributed by atoms with van der Waals surface area (Å²) in [7, 11) is 0. The molecule has 1 N–H and O–H groups in total. The van der Waals surface area contributed by atoms with E-state index in [-0.39, 0.29) is 5.91 Å². The third-order valence-electron chi connectivity index (χ3n) is 3.95. The van der Waals surface area contributed by atoms with Crippen molar-refractivity contribution in [3.05, 3.63) is 83.8 Å². The van der Waals surface area contributed by atoms with E-state index in [2.05, 4.69) is 32.8 Å². The molecule has 0 saturated carbocycles. The molecule has 5 heteroatoms. The fourth-order valence-corrected chi connectivity index (χ4v) is 3.66. The molecular weight excluding hydrogens is 330 g/mol. The summed E-state index contributed by atoms with van der Waals surface area (Å²) in [5.74, 6) is -0.153. The number of hydrogen-bond acceptors (Lipinski definition) is 4. The molecule has 0 bridgehead atoms. The SMILES string of the molecule is O=C(NCc1ccccn1)c1cncc(-c2csc3ccccc23)c1. The number of thiophene rings is 1. The average Bonchev–Trinajstić information content (AvgIpc) is 3.11. The highest BCUT2D eigenvalue weighted by Crippen LogP contribution is 2.33. The van der Waals surface area contributed by atoms with Gasteiger partial charge in [0.25, 0.3) is 5.91 Å². The maximum absolute atomic E-state index is 12.4. The Morgan fingerprint density at radius 3 is 2.84 bits per heavy atom. The van der Waals surface area contributed by atoms with Crippen molar-refractivity contribution in [1.29, 1.82) is 0 Å². The van der Waals surface area contributed by atoms with Gasteiger partial charge in [-0.25, -0.2) is 0 Å². The molecule has 0 fully saturated rings. The Morgan fingerprint density at radius 2 is 1.96 bits per heavy atom. The van der Waals surface area contributed by atoms with Crippen LogP contribution >= 0.6 is 11.3 Å². The number of nitrogens with one attached hydrogen (secondary N) is 1. The van der Waals surface area contributed by atoms with Gasteiger partial charge in [-0.2, -0.15) is 0 Å². The number of carbonyl (C=O) groups is 1. The van der Waals surface area contributed by atoms with Crippen LogP contribution in [0.15, 0.2) is 72.5 Å². The van der Waals surface area contributed by atoms with Gasteiger partial charge in [0.15, 0.2) is 0 Å². The third kappa shape index (κ3) is 3.27. The van der Waals surface area contributed by atoms with Gasteiger partial charge in [0.05, 0.1) is 17.8 Å². The molecule has 4 rings (SSSR count). The van der Waals surface area contributed by atoms with E-state index in [9.17, 15) is 4.79 Å². The van der Waals surface area contributed by atoms with E-state index in [0.29, 0.717) is 12.1 Å². The van der Waals surface area contributed by atoms with E-state index in [0.717, 1.165) is 16.8 Å². The van der Waals surface area contributed by atoms with Gasteiger partial charge in [0.1, 0.15) is 0 Å². The molecule has 0 radical (unpaired) electrons. The predicted octanol–water partition coefficient (Wildman–Crippen LogP) is 4.29. The lowest BCUT2D eigenvalue weighted by atomic mass is 10.0. The molecule has 0 atom stereocenters. The fourth-order valence-electron chi connectivity index (χ4n) is 2.69. The molecular formula is C20H15N3OS. The molecule has 122 valence electrons. The van der Waals surface area contributed by atoms with Crippen molar-refractivity contribution in [1.82, 2.24) is 15.3 Å². The van der Waals surface area contributed by atoms with Gasteiger partial charge in [0, 0.05) is 39.8 Å². The number of amides is 1. The minimum atomic E-state index is -0.153. The lowest BCUT2D eigenvalue weighted by Gasteiger charge is -2.06. The Bertz CT molecular complexity index is 1030. The molecule has 0 saturated heterocycles.